The van der Waals surface area contributed by atoms with E-state index in [2.05, 4.69) is 0 Å². The lowest BCUT2D eigenvalue weighted by molar-refractivity contribution is 0.0722. The molecule has 0 bridgehead atoms. The highest BCUT2D eigenvalue weighted by molar-refractivity contribution is 7.85. The van der Waals surface area contributed by atoms with Crippen LogP contribution in [0.15, 0.2) is 30.3 Å². The van der Waals surface area contributed by atoms with Crippen LogP contribution in [0.2, 0.25) is 10.0 Å². The topological polar surface area (TPSA) is 102 Å². The predicted molar refractivity (Wildman–Crippen MR) is 130 cm³/mol. The van der Waals surface area contributed by atoms with Gasteiger partial charge in [-0.2, -0.15) is 8.42 Å². The quantitative estimate of drug-likeness (QED) is 0.468. The second-order valence-electron chi connectivity index (χ2n) is 7.98. The molecule has 34 heavy (non-hydrogen) atoms. The lowest BCUT2D eigenvalue weighted by Crippen LogP contribution is -2.37. The van der Waals surface area contributed by atoms with E-state index in [1.54, 1.807) is 29.2 Å². The summed E-state index contributed by atoms with van der Waals surface area (Å²) in [5.41, 5.74) is 1.26. The number of halogens is 2. The van der Waals surface area contributed by atoms with Gasteiger partial charge in [0.1, 0.15) is 0 Å². The first-order valence-corrected chi connectivity index (χ1v) is 13.0. The van der Waals surface area contributed by atoms with Crippen LogP contribution in [0.25, 0.3) is 0 Å². The molecular weight excluding hydrogens is 505 g/mol. The summed E-state index contributed by atoms with van der Waals surface area (Å²) in [6.07, 6.45) is 1.23. The number of benzene rings is 2. The lowest BCUT2D eigenvalue weighted by atomic mass is 9.89. The molecule has 1 fully saturated rings. The molecule has 11 heteroatoms. The molecule has 186 valence electrons. The SMILES string of the molecule is COc1cc(C(=O)N2CCC(c3ccc(Cl)c(Cl)c3)C2CCCS(=O)(=O)O)cc(OC)c1OC. The van der Waals surface area contributed by atoms with Gasteiger partial charge in [0.25, 0.3) is 16.0 Å². The predicted octanol–water partition coefficient (Wildman–Crippen LogP) is 4.69. The summed E-state index contributed by atoms with van der Waals surface area (Å²) in [7, 11) is 0.311. The summed E-state index contributed by atoms with van der Waals surface area (Å²) >= 11 is 12.3. The highest BCUT2D eigenvalue weighted by Crippen LogP contribution is 2.41. The fourth-order valence-corrected chi connectivity index (χ4v) is 5.28. The van der Waals surface area contributed by atoms with Crippen LogP contribution >= 0.6 is 23.2 Å². The van der Waals surface area contributed by atoms with Gasteiger partial charge in [0, 0.05) is 24.1 Å². The summed E-state index contributed by atoms with van der Waals surface area (Å²) < 4.78 is 47.8. The largest absolute Gasteiger partial charge is 0.493 e. The van der Waals surface area contributed by atoms with Crippen molar-refractivity contribution < 1.29 is 32.0 Å². The first-order chi connectivity index (χ1) is 16.1. The van der Waals surface area contributed by atoms with Crippen molar-refractivity contribution in [3.63, 3.8) is 0 Å². The Labute approximate surface area is 209 Å². The number of hydrogen-bond acceptors (Lipinski definition) is 6. The second kappa shape index (κ2) is 11.0. The van der Waals surface area contributed by atoms with Gasteiger partial charge in [0.05, 0.1) is 37.1 Å². The molecule has 2 atom stereocenters. The maximum absolute atomic E-state index is 13.6. The van der Waals surface area contributed by atoms with Crippen molar-refractivity contribution >= 4 is 39.2 Å². The lowest BCUT2D eigenvalue weighted by Gasteiger charge is -2.29. The van der Waals surface area contributed by atoms with Crippen molar-refractivity contribution in [2.75, 3.05) is 33.6 Å². The van der Waals surface area contributed by atoms with Crippen molar-refractivity contribution in [1.29, 1.82) is 0 Å². The molecule has 2 unspecified atom stereocenters. The summed E-state index contributed by atoms with van der Waals surface area (Å²) in [4.78, 5) is 15.3. The zero-order valence-corrected chi connectivity index (χ0v) is 21.4. The number of amides is 1. The van der Waals surface area contributed by atoms with Crippen molar-refractivity contribution in [1.82, 2.24) is 4.90 Å². The molecule has 0 radical (unpaired) electrons. The summed E-state index contributed by atoms with van der Waals surface area (Å²) in [6.45, 7) is 0.455. The van der Waals surface area contributed by atoms with Crippen LogP contribution in [-0.2, 0) is 10.1 Å². The van der Waals surface area contributed by atoms with E-state index in [1.807, 2.05) is 6.07 Å². The first kappa shape index (κ1) is 26.4. The third kappa shape index (κ3) is 5.89. The van der Waals surface area contributed by atoms with Crippen molar-refractivity contribution in [2.24, 2.45) is 0 Å². The molecule has 0 aromatic heterocycles. The Morgan fingerprint density at radius 1 is 1.06 bits per heavy atom. The van der Waals surface area contributed by atoms with Crippen LogP contribution in [-0.4, -0.2) is 63.4 Å². The van der Waals surface area contributed by atoms with E-state index in [-0.39, 0.29) is 30.0 Å². The fourth-order valence-electron chi connectivity index (χ4n) is 4.44. The molecular formula is C23H27Cl2NO7S. The molecule has 1 heterocycles. The van der Waals surface area contributed by atoms with E-state index in [9.17, 15) is 17.8 Å². The Balaban J connectivity index is 1.96. The molecule has 3 rings (SSSR count). The van der Waals surface area contributed by atoms with E-state index < -0.39 is 10.1 Å². The molecule has 1 aliphatic heterocycles. The van der Waals surface area contributed by atoms with Gasteiger partial charge < -0.3 is 19.1 Å². The van der Waals surface area contributed by atoms with Gasteiger partial charge in [-0.15, -0.1) is 0 Å². The van der Waals surface area contributed by atoms with Crippen LogP contribution < -0.4 is 14.2 Å². The Bertz CT molecular complexity index is 1130. The van der Waals surface area contributed by atoms with Gasteiger partial charge in [-0.25, -0.2) is 0 Å². The van der Waals surface area contributed by atoms with Crippen LogP contribution in [0.1, 0.15) is 41.1 Å². The number of methoxy groups -OCH3 is 3. The number of rotatable bonds is 9. The Morgan fingerprint density at radius 3 is 2.24 bits per heavy atom. The summed E-state index contributed by atoms with van der Waals surface area (Å²) in [6, 6.07) is 8.21. The summed E-state index contributed by atoms with van der Waals surface area (Å²) in [5.74, 6) is 0.368. The van der Waals surface area contributed by atoms with Gasteiger partial charge in [-0.1, -0.05) is 29.3 Å². The molecule has 1 aliphatic rings. The van der Waals surface area contributed by atoms with Crippen molar-refractivity contribution in [3.8, 4) is 17.2 Å². The molecule has 8 nitrogen and oxygen atoms in total. The van der Waals surface area contributed by atoms with E-state index in [0.29, 0.717) is 52.2 Å². The van der Waals surface area contributed by atoms with E-state index in [4.69, 9.17) is 37.4 Å². The highest BCUT2D eigenvalue weighted by atomic mass is 35.5. The van der Waals surface area contributed by atoms with Crippen LogP contribution in [0, 0.1) is 0 Å². The zero-order chi connectivity index (χ0) is 25.0. The number of likely N-dealkylation sites (tertiary alicyclic amines) is 1. The van der Waals surface area contributed by atoms with Crippen LogP contribution in [0.5, 0.6) is 17.2 Å². The third-order valence-electron chi connectivity index (χ3n) is 5.99. The highest BCUT2D eigenvalue weighted by Gasteiger charge is 2.38. The molecule has 1 amide bonds. The molecule has 0 aliphatic carbocycles. The third-order valence-corrected chi connectivity index (χ3v) is 7.54. The standard InChI is InChI=1S/C23H27Cl2NO7S/c1-31-20-12-15(13-21(32-2)22(20)33-3)23(27)26-9-8-16(14-6-7-17(24)18(25)11-14)19(26)5-4-10-34(28,29)30/h6-7,11-13,16,19H,4-5,8-10H2,1-3H3,(H,28,29,30). The normalized spacial score (nSPS) is 18.1. The molecule has 2 aromatic carbocycles. The number of ether oxygens (including phenoxy) is 3. The molecule has 0 spiro atoms. The maximum Gasteiger partial charge on any atom is 0.264 e. The summed E-state index contributed by atoms with van der Waals surface area (Å²) in [5, 5.41) is 0.835. The monoisotopic (exact) mass is 531 g/mol. The molecule has 2 aromatic rings. The average Bonchev–Trinajstić information content (AvgIpc) is 3.22. The van der Waals surface area contributed by atoms with Crippen LogP contribution in [0.4, 0.5) is 0 Å². The van der Waals surface area contributed by atoms with Crippen molar-refractivity contribution in [3.05, 3.63) is 51.5 Å². The number of nitrogens with zero attached hydrogens (tertiary/aromatic N) is 1. The smallest absolute Gasteiger partial charge is 0.264 e. The van der Waals surface area contributed by atoms with Gasteiger partial charge in [0.15, 0.2) is 11.5 Å². The van der Waals surface area contributed by atoms with E-state index in [0.717, 1.165) is 5.56 Å². The van der Waals surface area contributed by atoms with E-state index in [1.165, 1.54) is 21.3 Å². The van der Waals surface area contributed by atoms with Gasteiger partial charge in [-0.3, -0.25) is 9.35 Å². The fraction of sp³-hybridized carbons (Fsp3) is 0.435. The average molecular weight is 532 g/mol. The zero-order valence-electron chi connectivity index (χ0n) is 19.1. The number of hydrogen-bond donors (Lipinski definition) is 1. The van der Waals surface area contributed by atoms with E-state index >= 15 is 0 Å². The van der Waals surface area contributed by atoms with Crippen molar-refractivity contribution in [2.45, 2.75) is 31.2 Å². The molecule has 1 N–H and O–H groups in total. The second-order valence-corrected chi connectivity index (χ2v) is 10.4. The van der Waals surface area contributed by atoms with Crippen LogP contribution in [0.3, 0.4) is 0 Å². The minimum atomic E-state index is -4.11. The number of carbonyl (C=O) groups is 1. The molecule has 0 saturated carbocycles. The Kier molecular flexibility index (Phi) is 8.57. The number of carbonyl (C=O) groups excluding carboxylic acids is 1. The Hall–Kier alpha value is -2.20. The minimum Gasteiger partial charge on any atom is -0.493 e. The van der Waals surface area contributed by atoms with Gasteiger partial charge in [0.2, 0.25) is 5.75 Å². The first-order valence-electron chi connectivity index (χ1n) is 10.6. The van der Waals surface area contributed by atoms with Gasteiger partial charge in [-0.05, 0) is 49.1 Å². The maximum atomic E-state index is 13.6. The van der Waals surface area contributed by atoms with Gasteiger partial charge >= 0.3 is 0 Å². The molecule has 1 saturated heterocycles. The Morgan fingerprint density at radius 2 is 1.71 bits per heavy atom. The minimum absolute atomic E-state index is 0.0813.